The van der Waals surface area contributed by atoms with Gasteiger partial charge in [-0.05, 0) is 18.9 Å². The SMILES string of the molecule is OC[C@H]1CCN(Cc2cnc(Cl)s2)C1. The molecule has 0 unspecified atom stereocenters. The van der Waals surface area contributed by atoms with Gasteiger partial charge in [-0.2, -0.15) is 0 Å². The number of halogens is 1. The van der Waals surface area contributed by atoms with Crippen molar-refractivity contribution >= 4 is 22.9 Å². The fourth-order valence-electron chi connectivity index (χ4n) is 1.78. The Labute approximate surface area is 92.3 Å². The Bertz CT molecular complexity index is 305. The lowest BCUT2D eigenvalue weighted by Crippen LogP contribution is -2.20. The number of aromatic nitrogens is 1. The highest BCUT2D eigenvalue weighted by Gasteiger charge is 2.21. The van der Waals surface area contributed by atoms with Crippen molar-refractivity contribution in [1.82, 2.24) is 9.88 Å². The lowest BCUT2D eigenvalue weighted by atomic mass is 10.1. The van der Waals surface area contributed by atoms with E-state index in [0.717, 1.165) is 26.1 Å². The molecule has 1 fully saturated rings. The molecule has 1 aliphatic heterocycles. The van der Waals surface area contributed by atoms with Gasteiger partial charge in [-0.25, -0.2) is 4.98 Å². The molecule has 2 rings (SSSR count). The molecule has 5 heteroatoms. The van der Waals surface area contributed by atoms with Crippen molar-refractivity contribution in [2.24, 2.45) is 5.92 Å². The van der Waals surface area contributed by atoms with Gasteiger partial charge in [-0.3, -0.25) is 4.90 Å². The number of thiazole rings is 1. The van der Waals surface area contributed by atoms with Crippen LogP contribution in [0.4, 0.5) is 0 Å². The van der Waals surface area contributed by atoms with Gasteiger partial charge in [-0.1, -0.05) is 11.6 Å². The lowest BCUT2D eigenvalue weighted by Gasteiger charge is -2.13. The first-order chi connectivity index (χ1) is 6.78. The fourth-order valence-corrected chi connectivity index (χ4v) is 2.80. The molecule has 0 aromatic carbocycles. The van der Waals surface area contributed by atoms with E-state index in [9.17, 15) is 0 Å². The number of likely N-dealkylation sites (tertiary alicyclic amines) is 1. The number of rotatable bonds is 3. The van der Waals surface area contributed by atoms with E-state index >= 15 is 0 Å². The van der Waals surface area contributed by atoms with Crippen LogP contribution < -0.4 is 0 Å². The molecule has 0 saturated carbocycles. The molecular formula is C9H13ClN2OS. The van der Waals surface area contributed by atoms with Crippen LogP contribution in [0.25, 0.3) is 0 Å². The molecule has 14 heavy (non-hydrogen) atoms. The molecule has 1 aliphatic rings. The smallest absolute Gasteiger partial charge is 0.183 e. The fraction of sp³-hybridized carbons (Fsp3) is 0.667. The zero-order chi connectivity index (χ0) is 9.97. The highest BCUT2D eigenvalue weighted by atomic mass is 35.5. The Morgan fingerprint density at radius 3 is 3.14 bits per heavy atom. The molecule has 3 nitrogen and oxygen atoms in total. The summed E-state index contributed by atoms with van der Waals surface area (Å²) in [6.07, 6.45) is 2.93. The van der Waals surface area contributed by atoms with Gasteiger partial charge in [0.25, 0.3) is 0 Å². The molecule has 0 amide bonds. The molecule has 0 spiro atoms. The van der Waals surface area contributed by atoms with E-state index in [-0.39, 0.29) is 0 Å². The number of hydrogen-bond donors (Lipinski definition) is 1. The number of nitrogens with zero attached hydrogens (tertiary/aromatic N) is 2. The second kappa shape index (κ2) is 4.57. The van der Waals surface area contributed by atoms with Gasteiger partial charge < -0.3 is 5.11 Å². The largest absolute Gasteiger partial charge is 0.396 e. The van der Waals surface area contributed by atoms with Gasteiger partial charge in [0.05, 0.1) is 0 Å². The first-order valence-corrected chi connectivity index (χ1v) is 5.91. The van der Waals surface area contributed by atoms with Crippen LogP contribution in [0.5, 0.6) is 0 Å². The van der Waals surface area contributed by atoms with Gasteiger partial charge in [0.2, 0.25) is 0 Å². The van der Waals surface area contributed by atoms with Crippen molar-refractivity contribution in [3.8, 4) is 0 Å². The van der Waals surface area contributed by atoms with Crippen molar-refractivity contribution in [1.29, 1.82) is 0 Å². The maximum Gasteiger partial charge on any atom is 0.183 e. The Morgan fingerprint density at radius 1 is 1.71 bits per heavy atom. The van der Waals surface area contributed by atoms with Crippen molar-refractivity contribution in [3.63, 3.8) is 0 Å². The van der Waals surface area contributed by atoms with Crippen LogP contribution in [0, 0.1) is 5.92 Å². The lowest BCUT2D eigenvalue weighted by molar-refractivity contribution is 0.220. The Morgan fingerprint density at radius 2 is 2.57 bits per heavy atom. The molecule has 78 valence electrons. The molecular weight excluding hydrogens is 220 g/mol. The standard InChI is InChI=1S/C9H13ClN2OS/c10-9-11-3-8(14-9)5-12-2-1-7(4-12)6-13/h3,7,13H,1-2,4-6H2/t7-/m0/s1. The van der Waals surface area contributed by atoms with Crippen LogP contribution in [0.1, 0.15) is 11.3 Å². The second-order valence-corrected chi connectivity index (χ2v) is 5.35. The van der Waals surface area contributed by atoms with Crippen molar-refractivity contribution < 1.29 is 5.11 Å². The highest BCUT2D eigenvalue weighted by molar-refractivity contribution is 7.15. The quantitative estimate of drug-likeness (QED) is 0.860. The van der Waals surface area contributed by atoms with Crippen LogP contribution in [0.2, 0.25) is 4.47 Å². The zero-order valence-corrected chi connectivity index (χ0v) is 9.39. The summed E-state index contributed by atoms with van der Waals surface area (Å²) in [5.74, 6) is 0.457. The highest BCUT2D eigenvalue weighted by Crippen LogP contribution is 2.22. The summed E-state index contributed by atoms with van der Waals surface area (Å²) >= 11 is 7.28. The molecule has 0 radical (unpaired) electrons. The van der Waals surface area contributed by atoms with Crippen LogP contribution in [-0.4, -0.2) is 34.7 Å². The van der Waals surface area contributed by atoms with Crippen LogP contribution in [0.15, 0.2) is 6.20 Å². The van der Waals surface area contributed by atoms with Gasteiger partial charge in [0.1, 0.15) is 0 Å². The minimum Gasteiger partial charge on any atom is -0.396 e. The number of aliphatic hydroxyl groups is 1. The summed E-state index contributed by atoms with van der Waals surface area (Å²) in [6, 6.07) is 0. The van der Waals surface area contributed by atoms with Crippen LogP contribution in [-0.2, 0) is 6.54 Å². The maximum atomic E-state index is 9.00. The zero-order valence-electron chi connectivity index (χ0n) is 7.82. The van der Waals surface area contributed by atoms with Gasteiger partial charge in [0.15, 0.2) is 4.47 Å². The van der Waals surface area contributed by atoms with Crippen LogP contribution in [0.3, 0.4) is 0 Å². The molecule has 1 N–H and O–H groups in total. The second-order valence-electron chi connectivity index (χ2n) is 3.65. The van der Waals surface area contributed by atoms with E-state index in [1.54, 1.807) is 0 Å². The Balaban J connectivity index is 1.87. The van der Waals surface area contributed by atoms with Gasteiger partial charge in [0, 0.05) is 30.8 Å². The van der Waals surface area contributed by atoms with Crippen molar-refractivity contribution in [3.05, 3.63) is 15.5 Å². The third-order valence-corrected chi connectivity index (χ3v) is 3.63. The minimum atomic E-state index is 0.306. The summed E-state index contributed by atoms with van der Waals surface area (Å²) in [4.78, 5) is 7.55. The molecule has 1 aromatic heterocycles. The van der Waals surface area contributed by atoms with Gasteiger partial charge in [-0.15, -0.1) is 11.3 Å². The molecule has 1 atom stereocenters. The first kappa shape index (κ1) is 10.4. The van der Waals surface area contributed by atoms with E-state index in [1.807, 2.05) is 6.20 Å². The normalized spacial score (nSPS) is 23.1. The summed E-state index contributed by atoms with van der Waals surface area (Å²) in [6.45, 7) is 3.29. The Hall–Kier alpha value is -0.160. The predicted octanol–water partition coefficient (Wildman–Crippen LogP) is 1.61. The monoisotopic (exact) mass is 232 g/mol. The molecule has 0 aliphatic carbocycles. The van der Waals surface area contributed by atoms with Crippen molar-refractivity contribution in [2.75, 3.05) is 19.7 Å². The topological polar surface area (TPSA) is 36.4 Å². The Kier molecular flexibility index (Phi) is 3.38. The summed E-state index contributed by atoms with van der Waals surface area (Å²) in [7, 11) is 0. The van der Waals surface area contributed by atoms with Gasteiger partial charge >= 0.3 is 0 Å². The number of aliphatic hydroxyl groups excluding tert-OH is 1. The minimum absolute atomic E-state index is 0.306. The molecule has 2 heterocycles. The van der Waals surface area contributed by atoms with Crippen molar-refractivity contribution in [2.45, 2.75) is 13.0 Å². The maximum absolute atomic E-state index is 9.00. The van der Waals surface area contributed by atoms with E-state index in [2.05, 4.69) is 9.88 Å². The third-order valence-electron chi connectivity index (χ3n) is 2.53. The van der Waals surface area contributed by atoms with E-state index < -0.39 is 0 Å². The molecule has 1 saturated heterocycles. The first-order valence-electron chi connectivity index (χ1n) is 4.71. The number of hydrogen-bond acceptors (Lipinski definition) is 4. The summed E-state index contributed by atoms with van der Waals surface area (Å²) < 4.78 is 0.609. The molecule has 0 bridgehead atoms. The van der Waals surface area contributed by atoms with E-state index in [1.165, 1.54) is 16.2 Å². The van der Waals surface area contributed by atoms with Crippen LogP contribution >= 0.6 is 22.9 Å². The van der Waals surface area contributed by atoms with E-state index in [0.29, 0.717) is 17.0 Å². The summed E-state index contributed by atoms with van der Waals surface area (Å²) in [5, 5.41) is 9.00. The van der Waals surface area contributed by atoms with E-state index in [4.69, 9.17) is 16.7 Å². The molecule has 1 aromatic rings. The summed E-state index contributed by atoms with van der Waals surface area (Å²) in [5.41, 5.74) is 0. The average Bonchev–Trinajstić information content (AvgIpc) is 2.76. The average molecular weight is 233 g/mol. The predicted molar refractivity (Wildman–Crippen MR) is 57.6 cm³/mol. The third kappa shape index (κ3) is 2.45.